The van der Waals surface area contributed by atoms with E-state index in [4.69, 9.17) is 14.5 Å². The number of hydrogen-bond acceptors (Lipinski definition) is 8. The molecule has 9 nitrogen and oxygen atoms in total. The lowest BCUT2D eigenvalue weighted by Crippen LogP contribution is -2.46. The van der Waals surface area contributed by atoms with E-state index in [1.165, 1.54) is 27.8 Å². The van der Waals surface area contributed by atoms with Gasteiger partial charge in [0.15, 0.2) is 5.13 Å². The van der Waals surface area contributed by atoms with Crippen LogP contribution in [0.4, 0.5) is 9.52 Å². The molecule has 0 aliphatic carbocycles. The van der Waals surface area contributed by atoms with Gasteiger partial charge in [-0.2, -0.15) is 4.31 Å². The molecule has 1 fully saturated rings. The number of aromatic nitrogens is 1. The monoisotopic (exact) mass is 578 g/mol. The molecule has 212 valence electrons. The van der Waals surface area contributed by atoms with Gasteiger partial charge in [-0.3, -0.25) is 9.69 Å². The smallest absolute Gasteiger partial charge is 0.243 e. The van der Waals surface area contributed by atoms with Crippen molar-refractivity contribution in [2.24, 2.45) is 5.92 Å². The number of halogens is 1. The third-order valence-electron chi connectivity index (χ3n) is 7.18. The van der Waals surface area contributed by atoms with Gasteiger partial charge in [-0.1, -0.05) is 25.2 Å². The Morgan fingerprint density at radius 1 is 1.03 bits per heavy atom. The number of sulfonamides is 1. The van der Waals surface area contributed by atoms with Crippen LogP contribution in [-0.4, -0.2) is 82.0 Å². The first kappa shape index (κ1) is 29.2. The number of carbonyl (C=O) groups excluding carboxylic acids is 1. The molecule has 39 heavy (non-hydrogen) atoms. The van der Waals surface area contributed by atoms with Gasteiger partial charge in [0.05, 0.1) is 19.1 Å². The molecule has 4 rings (SSSR count). The summed E-state index contributed by atoms with van der Waals surface area (Å²) in [4.78, 5) is 22.8. The Morgan fingerprint density at radius 2 is 1.64 bits per heavy atom. The fraction of sp³-hybridized carbons (Fsp3) is 0.481. The first-order valence-corrected chi connectivity index (χ1v) is 15.3. The molecule has 1 saturated heterocycles. The summed E-state index contributed by atoms with van der Waals surface area (Å²) in [7, 11) is -0.589. The van der Waals surface area contributed by atoms with E-state index in [0.29, 0.717) is 48.1 Å². The molecule has 0 radical (unpaired) electrons. The predicted molar refractivity (Wildman–Crippen MR) is 151 cm³/mol. The summed E-state index contributed by atoms with van der Waals surface area (Å²) in [5.41, 5.74) is 0.637. The van der Waals surface area contributed by atoms with E-state index < -0.39 is 15.8 Å². The molecule has 12 heteroatoms. The highest BCUT2D eigenvalue weighted by molar-refractivity contribution is 7.89. The van der Waals surface area contributed by atoms with E-state index >= 15 is 0 Å². The number of nitrogens with zero attached hydrogens (tertiary/aromatic N) is 4. The zero-order chi connectivity index (χ0) is 28.2. The highest BCUT2D eigenvalue weighted by atomic mass is 32.2. The molecule has 1 aliphatic rings. The lowest BCUT2D eigenvalue weighted by molar-refractivity contribution is -0.123. The second-order valence-electron chi connectivity index (χ2n) is 9.29. The molecule has 0 N–H and O–H groups in total. The maximum Gasteiger partial charge on any atom is 0.243 e. The number of carbonyl (C=O) groups is 1. The van der Waals surface area contributed by atoms with Gasteiger partial charge in [-0.25, -0.2) is 17.8 Å². The largest absolute Gasteiger partial charge is 0.495 e. The molecule has 0 bridgehead atoms. The SMILES string of the molecule is CCN(CC)CCN(C(=O)C1CCN(S(=O)(=O)c2ccc(F)cc2)CC1)c1nc2c(OC)ccc(OC)c2s1. The van der Waals surface area contributed by atoms with Crippen LogP contribution in [0.3, 0.4) is 0 Å². The second kappa shape index (κ2) is 12.6. The Morgan fingerprint density at radius 3 is 2.23 bits per heavy atom. The summed E-state index contributed by atoms with van der Waals surface area (Å²) in [6.45, 7) is 7.45. The average molecular weight is 579 g/mol. The van der Waals surface area contributed by atoms with E-state index in [1.807, 2.05) is 6.07 Å². The van der Waals surface area contributed by atoms with Crippen molar-refractivity contribution >= 4 is 42.6 Å². The Balaban J connectivity index is 1.58. The third kappa shape index (κ3) is 6.19. The number of rotatable bonds is 11. The van der Waals surface area contributed by atoms with E-state index in [-0.39, 0.29) is 29.8 Å². The lowest BCUT2D eigenvalue weighted by atomic mass is 9.96. The van der Waals surface area contributed by atoms with Gasteiger partial charge in [-0.15, -0.1) is 0 Å². The van der Waals surface area contributed by atoms with Crippen molar-refractivity contribution in [1.82, 2.24) is 14.2 Å². The maximum absolute atomic E-state index is 13.9. The fourth-order valence-electron chi connectivity index (χ4n) is 4.79. The first-order chi connectivity index (χ1) is 18.7. The van der Waals surface area contributed by atoms with Gasteiger partial charge in [0.25, 0.3) is 0 Å². The summed E-state index contributed by atoms with van der Waals surface area (Å²) in [6, 6.07) is 8.43. The van der Waals surface area contributed by atoms with Gasteiger partial charge < -0.3 is 14.4 Å². The Hall–Kier alpha value is -2.80. The molecule has 1 aliphatic heterocycles. The number of piperidine rings is 1. The standard InChI is InChI=1S/C27H35FN4O5S2/c1-5-30(6-2)17-18-32(27-29-24-22(36-3)11-12-23(37-4)25(24)38-27)26(33)19-13-15-31(16-14-19)39(34,35)21-9-7-20(28)8-10-21/h7-12,19H,5-6,13-18H2,1-4H3. The number of benzene rings is 2. The number of methoxy groups -OCH3 is 2. The summed E-state index contributed by atoms with van der Waals surface area (Å²) in [6.07, 6.45) is 0.775. The van der Waals surface area contributed by atoms with Gasteiger partial charge in [0.1, 0.15) is 27.5 Å². The van der Waals surface area contributed by atoms with Crippen molar-refractivity contribution in [3.8, 4) is 11.5 Å². The van der Waals surface area contributed by atoms with Crippen LogP contribution < -0.4 is 14.4 Å². The molecule has 0 atom stereocenters. The molecule has 0 saturated carbocycles. The minimum absolute atomic E-state index is 0.0481. The summed E-state index contributed by atoms with van der Waals surface area (Å²) < 4.78 is 52.7. The molecule has 1 aromatic heterocycles. The van der Waals surface area contributed by atoms with E-state index in [1.54, 1.807) is 25.2 Å². The quantitative estimate of drug-likeness (QED) is 0.336. The van der Waals surface area contributed by atoms with Gasteiger partial charge in [-0.05, 0) is 62.3 Å². The van der Waals surface area contributed by atoms with Gasteiger partial charge >= 0.3 is 0 Å². The summed E-state index contributed by atoms with van der Waals surface area (Å²) in [5, 5.41) is 0.561. The van der Waals surface area contributed by atoms with Crippen LogP contribution >= 0.6 is 11.3 Å². The van der Waals surface area contributed by atoms with Gasteiger partial charge in [0, 0.05) is 32.1 Å². The number of hydrogen-bond donors (Lipinski definition) is 0. The lowest BCUT2D eigenvalue weighted by Gasteiger charge is -2.33. The van der Waals surface area contributed by atoms with Crippen LogP contribution in [0, 0.1) is 11.7 Å². The number of thiazole rings is 1. The van der Waals surface area contributed by atoms with Crippen molar-refractivity contribution in [2.45, 2.75) is 31.6 Å². The maximum atomic E-state index is 13.9. The molecule has 1 amide bonds. The molecule has 2 aromatic carbocycles. The molecule has 3 aromatic rings. The van der Waals surface area contributed by atoms with Crippen LogP contribution in [0.25, 0.3) is 10.2 Å². The van der Waals surface area contributed by atoms with Crippen molar-refractivity contribution in [3.05, 3.63) is 42.2 Å². The number of amides is 1. The van der Waals surface area contributed by atoms with Crippen LogP contribution in [0.2, 0.25) is 0 Å². The van der Waals surface area contributed by atoms with E-state index in [9.17, 15) is 17.6 Å². The zero-order valence-corrected chi connectivity index (χ0v) is 24.4. The minimum atomic E-state index is -3.76. The number of anilines is 1. The highest BCUT2D eigenvalue weighted by Crippen LogP contribution is 2.40. The minimum Gasteiger partial charge on any atom is -0.495 e. The Bertz CT molecular complexity index is 1340. The van der Waals surface area contributed by atoms with Crippen LogP contribution in [0.15, 0.2) is 41.3 Å². The van der Waals surface area contributed by atoms with Crippen LogP contribution in [0.1, 0.15) is 26.7 Å². The molecular weight excluding hydrogens is 543 g/mol. The van der Waals surface area contributed by atoms with Crippen molar-refractivity contribution in [2.75, 3.05) is 58.4 Å². The number of ether oxygens (including phenoxy) is 2. The number of fused-ring (bicyclic) bond motifs is 1. The molecule has 2 heterocycles. The van der Waals surface area contributed by atoms with Crippen LogP contribution in [-0.2, 0) is 14.8 Å². The van der Waals surface area contributed by atoms with E-state index in [2.05, 4.69) is 18.7 Å². The second-order valence-corrected chi connectivity index (χ2v) is 12.2. The topological polar surface area (TPSA) is 92.3 Å². The van der Waals surface area contributed by atoms with Crippen molar-refractivity contribution in [1.29, 1.82) is 0 Å². The van der Waals surface area contributed by atoms with Crippen molar-refractivity contribution < 1.29 is 27.1 Å². The Kier molecular flexibility index (Phi) is 9.42. The molecular formula is C27H35FN4O5S2. The zero-order valence-electron chi connectivity index (χ0n) is 22.7. The Labute approximate surface area is 233 Å². The predicted octanol–water partition coefficient (Wildman–Crippen LogP) is 4.23. The van der Waals surface area contributed by atoms with Gasteiger partial charge in [0.2, 0.25) is 15.9 Å². The summed E-state index contributed by atoms with van der Waals surface area (Å²) in [5.74, 6) is 0.344. The van der Waals surface area contributed by atoms with Crippen molar-refractivity contribution in [3.63, 3.8) is 0 Å². The highest BCUT2D eigenvalue weighted by Gasteiger charge is 2.35. The molecule has 0 unspecified atom stereocenters. The first-order valence-electron chi connectivity index (χ1n) is 13.0. The average Bonchev–Trinajstić information content (AvgIpc) is 3.40. The fourth-order valence-corrected chi connectivity index (χ4v) is 7.37. The molecule has 0 spiro atoms. The van der Waals surface area contributed by atoms with E-state index in [0.717, 1.165) is 29.9 Å². The number of likely N-dealkylation sites (N-methyl/N-ethyl adjacent to an activating group) is 1. The van der Waals surface area contributed by atoms with Crippen LogP contribution in [0.5, 0.6) is 11.5 Å². The summed E-state index contributed by atoms with van der Waals surface area (Å²) >= 11 is 1.38. The normalized spacial score (nSPS) is 15.1. The third-order valence-corrected chi connectivity index (χ3v) is 10.2.